The van der Waals surface area contributed by atoms with E-state index in [1.807, 2.05) is 31.2 Å². The first-order chi connectivity index (χ1) is 9.45. The van der Waals surface area contributed by atoms with E-state index in [1.54, 1.807) is 0 Å². The Kier molecular flexibility index (Phi) is 4.93. The first kappa shape index (κ1) is 16.0. The summed E-state index contributed by atoms with van der Waals surface area (Å²) in [6.45, 7) is 4.74. The SMILES string of the molecule is CCC1CCC(CN)(C(C)(O)c2cccc(Br)c2)CC1. The van der Waals surface area contributed by atoms with Crippen LogP contribution in [0.5, 0.6) is 0 Å². The molecule has 1 aliphatic rings. The molecule has 1 unspecified atom stereocenters. The number of nitrogens with two attached hydrogens (primary N) is 1. The van der Waals surface area contributed by atoms with Crippen LogP contribution in [0.4, 0.5) is 0 Å². The fraction of sp³-hybridized carbons (Fsp3) is 0.647. The van der Waals surface area contributed by atoms with Crippen LogP contribution in [0.3, 0.4) is 0 Å². The summed E-state index contributed by atoms with van der Waals surface area (Å²) in [7, 11) is 0. The van der Waals surface area contributed by atoms with Gasteiger partial charge in [0.1, 0.15) is 0 Å². The number of rotatable bonds is 4. The predicted octanol–water partition coefficient (Wildman–Crippen LogP) is 4.20. The molecule has 0 aliphatic heterocycles. The minimum absolute atomic E-state index is 0.195. The van der Waals surface area contributed by atoms with E-state index in [0.717, 1.165) is 28.8 Å². The van der Waals surface area contributed by atoms with Gasteiger partial charge in [0.2, 0.25) is 0 Å². The second kappa shape index (κ2) is 6.17. The van der Waals surface area contributed by atoms with Crippen molar-refractivity contribution in [3.63, 3.8) is 0 Å². The van der Waals surface area contributed by atoms with Gasteiger partial charge in [0, 0.05) is 16.4 Å². The van der Waals surface area contributed by atoms with Crippen molar-refractivity contribution in [2.75, 3.05) is 6.54 Å². The lowest BCUT2D eigenvalue weighted by Crippen LogP contribution is -2.50. The summed E-state index contributed by atoms with van der Waals surface area (Å²) in [5, 5.41) is 11.2. The number of benzene rings is 1. The Morgan fingerprint density at radius 3 is 2.55 bits per heavy atom. The van der Waals surface area contributed by atoms with E-state index < -0.39 is 5.60 Å². The summed E-state index contributed by atoms with van der Waals surface area (Å²) in [4.78, 5) is 0. The normalized spacial score (nSPS) is 29.9. The molecular formula is C17H26BrNO. The highest BCUT2D eigenvalue weighted by atomic mass is 79.9. The highest BCUT2D eigenvalue weighted by Gasteiger charge is 2.48. The summed E-state index contributed by atoms with van der Waals surface area (Å²) < 4.78 is 1.00. The molecule has 0 saturated heterocycles. The van der Waals surface area contributed by atoms with E-state index >= 15 is 0 Å². The molecule has 0 aromatic heterocycles. The smallest absolute Gasteiger partial charge is 0.0936 e. The topological polar surface area (TPSA) is 46.2 Å². The van der Waals surface area contributed by atoms with Gasteiger partial charge in [0.25, 0.3) is 0 Å². The molecule has 1 aromatic carbocycles. The van der Waals surface area contributed by atoms with Crippen LogP contribution in [-0.2, 0) is 5.60 Å². The van der Waals surface area contributed by atoms with Crippen molar-refractivity contribution in [3.05, 3.63) is 34.3 Å². The zero-order valence-electron chi connectivity index (χ0n) is 12.5. The molecule has 112 valence electrons. The molecule has 0 amide bonds. The summed E-state index contributed by atoms with van der Waals surface area (Å²) in [5.74, 6) is 0.799. The fourth-order valence-electron chi connectivity index (χ4n) is 3.63. The van der Waals surface area contributed by atoms with Crippen LogP contribution in [0.15, 0.2) is 28.7 Å². The molecular weight excluding hydrogens is 314 g/mol. The minimum Gasteiger partial charge on any atom is -0.385 e. The largest absolute Gasteiger partial charge is 0.385 e. The van der Waals surface area contributed by atoms with Crippen molar-refractivity contribution in [3.8, 4) is 0 Å². The monoisotopic (exact) mass is 339 g/mol. The van der Waals surface area contributed by atoms with Crippen molar-refractivity contribution in [1.82, 2.24) is 0 Å². The molecule has 0 radical (unpaired) electrons. The lowest BCUT2D eigenvalue weighted by Gasteiger charge is -2.49. The van der Waals surface area contributed by atoms with Gasteiger partial charge in [-0.2, -0.15) is 0 Å². The Bertz CT molecular complexity index is 450. The van der Waals surface area contributed by atoms with E-state index in [2.05, 4.69) is 22.9 Å². The van der Waals surface area contributed by atoms with Crippen molar-refractivity contribution in [2.24, 2.45) is 17.1 Å². The maximum absolute atomic E-state index is 11.2. The van der Waals surface area contributed by atoms with Crippen molar-refractivity contribution < 1.29 is 5.11 Å². The quantitative estimate of drug-likeness (QED) is 0.863. The molecule has 0 bridgehead atoms. The molecule has 2 rings (SSSR count). The average molecular weight is 340 g/mol. The van der Waals surface area contributed by atoms with Crippen LogP contribution in [0.1, 0.15) is 51.5 Å². The molecule has 0 spiro atoms. The fourth-order valence-corrected chi connectivity index (χ4v) is 4.02. The maximum atomic E-state index is 11.2. The minimum atomic E-state index is -0.871. The Balaban J connectivity index is 2.30. The predicted molar refractivity (Wildman–Crippen MR) is 87.4 cm³/mol. The lowest BCUT2D eigenvalue weighted by molar-refractivity contribution is -0.0981. The van der Waals surface area contributed by atoms with E-state index in [-0.39, 0.29) is 5.41 Å². The Hall–Kier alpha value is -0.380. The van der Waals surface area contributed by atoms with Gasteiger partial charge in [0.05, 0.1) is 5.60 Å². The Morgan fingerprint density at radius 2 is 2.05 bits per heavy atom. The summed E-state index contributed by atoms with van der Waals surface area (Å²) in [6.07, 6.45) is 5.62. The van der Waals surface area contributed by atoms with E-state index in [4.69, 9.17) is 5.73 Å². The van der Waals surface area contributed by atoms with Crippen molar-refractivity contribution >= 4 is 15.9 Å². The third kappa shape index (κ3) is 2.81. The van der Waals surface area contributed by atoms with Crippen LogP contribution in [0.25, 0.3) is 0 Å². The molecule has 1 atom stereocenters. The highest BCUT2D eigenvalue weighted by molar-refractivity contribution is 9.10. The second-order valence-corrected chi connectivity index (χ2v) is 7.33. The second-order valence-electron chi connectivity index (χ2n) is 6.42. The number of hydrogen-bond donors (Lipinski definition) is 2. The van der Waals surface area contributed by atoms with E-state index in [9.17, 15) is 5.11 Å². The van der Waals surface area contributed by atoms with Gasteiger partial charge in [-0.15, -0.1) is 0 Å². The van der Waals surface area contributed by atoms with Crippen LogP contribution in [0, 0.1) is 11.3 Å². The summed E-state index contributed by atoms with van der Waals surface area (Å²) in [5.41, 5.74) is 6.01. The van der Waals surface area contributed by atoms with E-state index in [1.165, 1.54) is 19.3 Å². The van der Waals surface area contributed by atoms with Crippen LogP contribution < -0.4 is 5.73 Å². The third-order valence-electron chi connectivity index (χ3n) is 5.45. The van der Waals surface area contributed by atoms with Crippen molar-refractivity contribution in [2.45, 2.75) is 51.6 Å². The van der Waals surface area contributed by atoms with Crippen molar-refractivity contribution in [1.29, 1.82) is 0 Å². The molecule has 1 fully saturated rings. The van der Waals surface area contributed by atoms with Gasteiger partial charge in [-0.25, -0.2) is 0 Å². The zero-order valence-corrected chi connectivity index (χ0v) is 14.1. The molecule has 3 N–H and O–H groups in total. The summed E-state index contributed by atoms with van der Waals surface area (Å²) in [6, 6.07) is 8.00. The third-order valence-corrected chi connectivity index (χ3v) is 5.94. The molecule has 1 saturated carbocycles. The lowest BCUT2D eigenvalue weighted by atomic mass is 9.59. The van der Waals surface area contributed by atoms with Crippen LogP contribution >= 0.6 is 15.9 Å². The first-order valence-electron chi connectivity index (χ1n) is 7.63. The highest BCUT2D eigenvalue weighted by Crippen LogP contribution is 2.51. The molecule has 20 heavy (non-hydrogen) atoms. The van der Waals surface area contributed by atoms with Gasteiger partial charge in [-0.05, 0) is 56.2 Å². The van der Waals surface area contributed by atoms with Gasteiger partial charge >= 0.3 is 0 Å². The van der Waals surface area contributed by atoms with E-state index in [0.29, 0.717) is 6.54 Å². The Morgan fingerprint density at radius 1 is 1.40 bits per heavy atom. The number of halogens is 1. The number of hydrogen-bond acceptors (Lipinski definition) is 2. The zero-order chi connectivity index (χ0) is 14.8. The molecule has 3 heteroatoms. The van der Waals surface area contributed by atoms with Gasteiger partial charge in [0.15, 0.2) is 0 Å². The molecule has 1 aromatic rings. The molecule has 0 heterocycles. The van der Waals surface area contributed by atoms with Gasteiger partial charge in [-0.1, -0.05) is 41.4 Å². The summed E-state index contributed by atoms with van der Waals surface area (Å²) >= 11 is 3.50. The molecule has 1 aliphatic carbocycles. The standard InChI is InChI=1S/C17H26BrNO/c1-3-13-7-9-17(12-19,10-8-13)16(2,20)14-5-4-6-15(18)11-14/h4-6,11,13,20H,3,7-10,12,19H2,1-2H3. The average Bonchev–Trinajstić information content (AvgIpc) is 2.47. The van der Waals surface area contributed by atoms with Crippen LogP contribution in [0.2, 0.25) is 0 Å². The maximum Gasteiger partial charge on any atom is 0.0936 e. The first-order valence-corrected chi connectivity index (χ1v) is 8.43. The van der Waals surface area contributed by atoms with Crippen LogP contribution in [-0.4, -0.2) is 11.7 Å². The van der Waals surface area contributed by atoms with Gasteiger partial charge in [-0.3, -0.25) is 0 Å². The molecule has 2 nitrogen and oxygen atoms in total. The Labute approximate surface area is 130 Å². The number of aliphatic hydroxyl groups is 1. The van der Waals surface area contributed by atoms with Gasteiger partial charge < -0.3 is 10.8 Å².